The summed E-state index contributed by atoms with van der Waals surface area (Å²) in [6.45, 7) is 4.08. The second kappa shape index (κ2) is 6.20. The van der Waals surface area contributed by atoms with Crippen molar-refractivity contribution < 1.29 is 0 Å². The van der Waals surface area contributed by atoms with Gasteiger partial charge in [0.05, 0.1) is 15.6 Å². The van der Waals surface area contributed by atoms with Gasteiger partial charge in [0, 0.05) is 10.9 Å². The lowest BCUT2D eigenvalue weighted by molar-refractivity contribution is 0.947. The zero-order valence-electron chi connectivity index (χ0n) is 11.8. The molecule has 3 heterocycles. The predicted octanol–water partition coefficient (Wildman–Crippen LogP) is 5.14. The van der Waals surface area contributed by atoms with Crippen molar-refractivity contribution in [2.45, 2.75) is 24.3 Å². The molecule has 0 spiro atoms. The molecule has 1 atom stereocenters. The Morgan fingerprint density at radius 2 is 1.95 bits per heavy atom. The molecule has 0 saturated carbocycles. The van der Waals surface area contributed by atoms with Gasteiger partial charge in [-0.15, -0.1) is 11.3 Å². The fourth-order valence-corrected chi connectivity index (χ4v) is 4.36. The normalized spacial score (nSPS) is 12.7. The molecule has 2 N–H and O–H groups in total. The molecular formula is C14H12Cl2N4S2. The zero-order chi connectivity index (χ0) is 15.9. The summed E-state index contributed by atoms with van der Waals surface area (Å²) in [5, 5.41) is 2.52. The number of halogens is 2. The molecule has 0 aromatic carbocycles. The Bertz CT molecular complexity index is 830. The molecule has 3 aromatic rings. The molecular weight excluding hydrogens is 359 g/mol. The van der Waals surface area contributed by atoms with Gasteiger partial charge >= 0.3 is 0 Å². The number of thioether (sulfide) groups is 1. The van der Waals surface area contributed by atoms with Crippen LogP contribution in [0.1, 0.15) is 22.7 Å². The first-order chi connectivity index (χ1) is 10.4. The lowest BCUT2D eigenvalue weighted by Gasteiger charge is -2.11. The van der Waals surface area contributed by atoms with Crippen molar-refractivity contribution in [2.24, 2.45) is 0 Å². The van der Waals surface area contributed by atoms with E-state index in [1.165, 1.54) is 22.7 Å². The minimum atomic E-state index is 0.0278. The Balaban J connectivity index is 1.92. The second-order valence-corrected chi connectivity index (χ2v) is 8.08. The van der Waals surface area contributed by atoms with E-state index in [-0.39, 0.29) is 5.25 Å². The molecule has 4 nitrogen and oxygen atoms in total. The van der Waals surface area contributed by atoms with Gasteiger partial charge in [-0.05, 0) is 31.4 Å². The van der Waals surface area contributed by atoms with Crippen molar-refractivity contribution >= 4 is 62.2 Å². The number of nitrogens with zero attached hydrogens (tertiary/aromatic N) is 3. The SMILES string of the molecule is Cc1cc2cc(C(C)Sc3nc(N)cc(Cl)n3)nc(Cl)c2s1. The van der Waals surface area contributed by atoms with E-state index in [4.69, 9.17) is 28.9 Å². The Labute approximate surface area is 146 Å². The van der Waals surface area contributed by atoms with Crippen molar-refractivity contribution in [1.82, 2.24) is 15.0 Å². The summed E-state index contributed by atoms with van der Waals surface area (Å²) in [5.74, 6) is 0.351. The summed E-state index contributed by atoms with van der Waals surface area (Å²) >= 11 is 15.3. The molecule has 3 rings (SSSR count). The lowest BCUT2D eigenvalue weighted by atomic mass is 10.2. The third-order valence-electron chi connectivity index (χ3n) is 2.99. The smallest absolute Gasteiger partial charge is 0.191 e. The number of rotatable bonds is 3. The van der Waals surface area contributed by atoms with Gasteiger partial charge in [-0.2, -0.15) is 0 Å². The topological polar surface area (TPSA) is 64.7 Å². The number of aryl methyl sites for hydroxylation is 1. The van der Waals surface area contributed by atoms with Crippen LogP contribution in [0.25, 0.3) is 10.1 Å². The maximum Gasteiger partial charge on any atom is 0.191 e. The van der Waals surface area contributed by atoms with Crippen molar-refractivity contribution in [3.63, 3.8) is 0 Å². The number of anilines is 1. The lowest BCUT2D eigenvalue weighted by Crippen LogP contribution is -1.98. The van der Waals surface area contributed by atoms with Gasteiger partial charge in [-0.1, -0.05) is 35.0 Å². The summed E-state index contributed by atoms with van der Waals surface area (Å²) in [6.07, 6.45) is 0. The monoisotopic (exact) mass is 370 g/mol. The van der Waals surface area contributed by atoms with Gasteiger partial charge in [0.1, 0.15) is 16.1 Å². The van der Waals surface area contributed by atoms with Gasteiger partial charge < -0.3 is 5.73 Å². The highest BCUT2D eigenvalue weighted by molar-refractivity contribution is 7.99. The summed E-state index contributed by atoms with van der Waals surface area (Å²) in [6, 6.07) is 5.68. The van der Waals surface area contributed by atoms with Crippen LogP contribution in [0, 0.1) is 6.92 Å². The standard InChI is InChI=1S/C14H12Cl2N4S2/c1-6-3-8-4-9(18-13(16)12(8)21-6)7(2)22-14-19-10(15)5-11(17)20-14/h3-5,7H,1-2H3,(H2,17,19,20). The molecule has 0 fully saturated rings. The van der Waals surface area contributed by atoms with Gasteiger partial charge in [-0.25, -0.2) is 15.0 Å². The van der Waals surface area contributed by atoms with E-state index in [9.17, 15) is 0 Å². The van der Waals surface area contributed by atoms with Gasteiger partial charge in [0.25, 0.3) is 0 Å². The molecule has 0 radical (unpaired) electrons. The summed E-state index contributed by atoms with van der Waals surface area (Å²) in [5.41, 5.74) is 6.57. The first kappa shape index (κ1) is 15.8. The van der Waals surface area contributed by atoms with Crippen LogP contribution in [0.5, 0.6) is 0 Å². The van der Waals surface area contributed by atoms with Gasteiger partial charge in [-0.3, -0.25) is 0 Å². The third kappa shape index (κ3) is 3.30. The van der Waals surface area contributed by atoms with Crippen LogP contribution in [0.3, 0.4) is 0 Å². The molecule has 0 aliphatic heterocycles. The number of aromatic nitrogens is 3. The van der Waals surface area contributed by atoms with E-state index in [2.05, 4.69) is 34.0 Å². The number of hydrogen-bond acceptors (Lipinski definition) is 6. The van der Waals surface area contributed by atoms with Gasteiger partial charge in [0.15, 0.2) is 5.16 Å². The fraction of sp³-hybridized carbons (Fsp3) is 0.214. The first-order valence-corrected chi connectivity index (χ1v) is 8.91. The number of nitrogen functional groups attached to an aromatic ring is 1. The van der Waals surface area contributed by atoms with Crippen molar-refractivity contribution in [2.75, 3.05) is 5.73 Å². The van der Waals surface area contributed by atoms with Crippen LogP contribution in [-0.4, -0.2) is 15.0 Å². The van der Waals surface area contributed by atoms with E-state index in [1.807, 2.05) is 6.92 Å². The Morgan fingerprint density at radius 1 is 1.18 bits per heavy atom. The van der Waals surface area contributed by atoms with Crippen LogP contribution in [0.4, 0.5) is 5.82 Å². The van der Waals surface area contributed by atoms with Crippen molar-refractivity contribution in [3.05, 3.63) is 39.1 Å². The maximum absolute atomic E-state index is 6.29. The van der Waals surface area contributed by atoms with Crippen LogP contribution >= 0.6 is 46.3 Å². The van der Waals surface area contributed by atoms with Crippen molar-refractivity contribution in [1.29, 1.82) is 0 Å². The fourth-order valence-electron chi connectivity index (χ4n) is 2.05. The van der Waals surface area contributed by atoms with E-state index >= 15 is 0 Å². The van der Waals surface area contributed by atoms with E-state index in [0.29, 0.717) is 21.3 Å². The molecule has 3 aromatic heterocycles. The molecule has 8 heteroatoms. The summed E-state index contributed by atoms with van der Waals surface area (Å²) < 4.78 is 1.02. The van der Waals surface area contributed by atoms with E-state index in [1.54, 1.807) is 11.3 Å². The quantitative estimate of drug-likeness (QED) is 0.299. The van der Waals surface area contributed by atoms with Gasteiger partial charge in [0.2, 0.25) is 0 Å². The average molecular weight is 371 g/mol. The number of fused-ring (bicyclic) bond motifs is 1. The molecule has 0 saturated heterocycles. The highest BCUT2D eigenvalue weighted by atomic mass is 35.5. The minimum Gasteiger partial charge on any atom is -0.384 e. The summed E-state index contributed by atoms with van der Waals surface area (Å²) in [7, 11) is 0. The van der Waals surface area contributed by atoms with Crippen molar-refractivity contribution in [3.8, 4) is 0 Å². The molecule has 0 amide bonds. The third-order valence-corrected chi connectivity index (χ3v) is 5.64. The van der Waals surface area contributed by atoms with E-state index in [0.717, 1.165) is 15.8 Å². The molecule has 0 bridgehead atoms. The molecule has 114 valence electrons. The maximum atomic E-state index is 6.29. The number of thiophene rings is 1. The number of nitrogens with two attached hydrogens (primary N) is 1. The van der Waals surface area contributed by atoms with E-state index < -0.39 is 0 Å². The molecule has 1 unspecified atom stereocenters. The Morgan fingerprint density at radius 3 is 2.68 bits per heavy atom. The Hall–Kier alpha value is -1.08. The molecule has 0 aliphatic carbocycles. The summed E-state index contributed by atoms with van der Waals surface area (Å²) in [4.78, 5) is 14.0. The van der Waals surface area contributed by atoms with Crippen LogP contribution in [-0.2, 0) is 0 Å². The largest absolute Gasteiger partial charge is 0.384 e. The Kier molecular flexibility index (Phi) is 4.45. The highest BCUT2D eigenvalue weighted by Crippen LogP contribution is 2.37. The van der Waals surface area contributed by atoms with Crippen LogP contribution in [0.15, 0.2) is 23.4 Å². The minimum absolute atomic E-state index is 0.0278. The second-order valence-electron chi connectivity index (χ2n) is 4.77. The first-order valence-electron chi connectivity index (χ1n) is 6.45. The average Bonchev–Trinajstić information content (AvgIpc) is 2.78. The zero-order valence-corrected chi connectivity index (χ0v) is 14.9. The van der Waals surface area contributed by atoms with Crippen LogP contribution < -0.4 is 5.73 Å². The molecule has 22 heavy (non-hydrogen) atoms. The highest BCUT2D eigenvalue weighted by Gasteiger charge is 2.15. The number of hydrogen-bond donors (Lipinski definition) is 1. The molecule has 0 aliphatic rings. The number of pyridine rings is 1. The predicted molar refractivity (Wildman–Crippen MR) is 95.1 cm³/mol. The van der Waals surface area contributed by atoms with Crippen LogP contribution in [0.2, 0.25) is 10.3 Å².